The molecule has 102 valence electrons. The summed E-state index contributed by atoms with van der Waals surface area (Å²) >= 11 is 0. The van der Waals surface area contributed by atoms with Gasteiger partial charge < -0.3 is 5.73 Å². The van der Waals surface area contributed by atoms with E-state index in [-0.39, 0.29) is 17.6 Å². The van der Waals surface area contributed by atoms with E-state index < -0.39 is 10.0 Å². The largest absolute Gasteiger partial charge is 0.330 e. The van der Waals surface area contributed by atoms with Gasteiger partial charge in [-0.05, 0) is 44.0 Å². The van der Waals surface area contributed by atoms with Gasteiger partial charge in [0.1, 0.15) is 5.82 Å². The van der Waals surface area contributed by atoms with Crippen molar-refractivity contribution >= 4 is 10.0 Å². The van der Waals surface area contributed by atoms with E-state index in [4.69, 9.17) is 5.73 Å². The minimum absolute atomic E-state index is 0.0389. The van der Waals surface area contributed by atoms with Crippen molar-refractivity contribution in [2.24, 2.45) is 5.73 Å². The number of sulfonamides is 1. The highest BCUT2D eigenvalue weighted by Crippen LogP contribution is 2.06. The van der Waals surface area contributed by atoms with E-state index in [2.05, 4.69) is 4.72 Å². The molecule has 0 fully saturated rings. The molecule has 0 amide bonds. The Morgan fingerprint density at radius 3 is 2.50 bits per heavy atom. The molecule has 0 aliphatic rings. The van der Waals surface area contributed by atoms with Crippen LogP contribution in [0.25, 0.3) is 0 Å². The second-order valence-electron chi connectivity index (χ2n) is 4.31. The zero-order chi connectivity index (χ0) is 13.6. The van der Waals surface area contributed by atoms with Crippen LogP contribution < -0.4 is 10.5 Å². The Labute approximate surface area is 107 Å². The van der Waals surface area contributed by atoms with Crippen molar-refractivity contribution in [2.45, 2.75) is 25.8 Å². The molecular weight excluding hydrogens is 255 g/mol. The van der Waals surface area contributed by atoms with Gasteiger partial charge in [0.15, 0.2) is 0 Å². The van der Waals surface area contributed by atoms with Crippen molar-refractivity contribution in [3.63, 3.8) is 0 Å². The number of rotatable bonds is 7. The fourth-order valence-electron chi connectivity index (χ4n) is 1.65. The van der Waals surface area contributed by atoms with Crippen molar-refractivity contribution in [1.29, 1.82) is 0 Å². The van der Waals surface area contributed by atoms with Crippen molar-refractivity contribution in [2.75, 3.05) is 12.3 Å². The first-order valence-electron chi connectivity index (χ1n) is 5.87. The third kappa shape index (κ3) is 5.57. The molecule has 0 saturated carbocycles. The van der Waals surface area contributed by atoms with Crippen LogP contribution in [0.2, 0.25) is 0 Å². The molecule has 1 aromatic rings. The van der Waals surface area contributed by atoms with E-state index in [0.29, 0.717) is 19.4 Å². The molecule has 0 aliphatic heterocycles. The van der Waals surface area contributed by atoms with Gasteiger partial charge in [0.2, 0.25) is 10.0 Å². The zero-order valence-corrected chi connectivity index (χ0v) is 11.2. The number of benzene rings is 1. The average Bonchev–Trinajstić information content (AvgIpc) is 2.29. The summed E-state index contributed by atoms with van der Waals surface area (Å²) in [5.74, 6) is -0.257. The van der Waals surface area contributed by atoms with Crippen molar-refractivity contribution < 1.29 is 12.8 Å². The van der Waals surface area contributed by atoms with Crippen LogP contribution in [0.15, 0.2) is 24.3 Å². The molecule has 0 bridgehead atoms. The maximum absolute atomic E-state index is 12.7. The van der Waals surface area contributed by atoms with Gasteiger partial charge in [-0.2, -0.15) is 0 Å². The molecule has 1 rings (SSSR count). The monoisotopic (exact) mass is 274 g/mol. The van der Waals surface area contributed by atoms with Crippen LogP contribution in [-0.4, -0.2) is 26.8 Å². The second kappa shape index (κ2) is 6.82. The summed E-state index contributed by atoms with van der Waals surface area (Å²) < 4.78 is 38.5. The summed E-state index contributed by atoms with van der Waals surface area (Å²) in [5.41, 5.74) is 6.17. The van der Waals surface area contributed by atoms with Gasteiger partial charge in [-0.3, -0.25) is 0 Å². The van der Waals surface area contributed by atoms with Gasteiger partial charge in [-0.1, -0.05) is 12.1 Å². The molecule has 3 N–H and O–H groups in total. The van der Waals surface area contributed by atoms with Gasteiger partial charge in [-0.15, -0.1) is 0 Å². The molecule has 18 heavy (non-hydrogen) atoms. The van der Waals surface area contributed by atoms with Crippen LogP contribution in [0.1, 0.15) is 18.9 Å². The third-order valence-electron chi connectivity index (χ3n) is 2.45. The van der Waals surface area contributed by atoms with E-state index >= 15 is 0 Å². The predicted molar refractivity (Wildman–Crippen MR) is 70.2 cm³/mol. The molecule has 4 nitrogen and oxygen atoms in total. The van der Waals surface area contributed by atoms with Crippen LogP contribution in [0.3, 0.4) is 0 Å². The summed E-state index contributed by atoms with van der Waals surface area (Å²) in [5, 5.41) is 0. The van der Waals surface area contributed by atoms with E-state index in [1.54, 1.807) is 19.1 Å². The van der Waals surface area contributed by atoms with Crippen LogP contribution in [0.5, 0.6) is 0 Å². The first-order chi connectivity index (χ1) is 8.43. The standard InChI is InChI=1S/C12H19FN2O2S/c1-10(15-18(16,17)8-2-7-14)9-11-3-5-12(13)6-4-11/h3-6,10,15H,2,7-9,14H2,1H3. The van der Waals surface area contributed by atoms with Gasteiger partial charge in [-0.25, -0.2) is 17.5 Å². The Kier molecular flexibility index (Phi) is 5.71. The number of hydrogen-bond donors (Lipinski definition) is 2. The molecule has 1 atom stereocenters. The minimum Gasteiger partial charge on any atom is -0.330 e. The molecule has 1 aromatic carbocycles. The minimum atomic E-state index is -3.28. The Hall–Kier alpha value is -0.980. The quantitative estimate of drug-likeness (QED) is 0.780. The number of nitrogens with two attached hydrogens (primary N) is 1. The molecule has 0 saturated heterocycles. The molecule has 0 aromatic heterocycles. The molecule has 6 heteroatoms. The highest BCUT2D eigenvalue weighted by Gasteiger charge is 2.14. The number of hydrogen-bond acceptors (Lipinski definition) is 3. The third-order valence-corrected chi connectivity index (χ3v) is 4.04. The summed E-state index contributed by atoms with van der Waals surface area (Å²) in [6.45, 7) is 2.14. The SMILES string of the molecule is CC(Cc1ccc(F)cc1)NS(=O)(=O)CCCN. The highest BCUT2D eigenvalue weighted by molar-refractivity contribution is 7.89. The topological polar surface area (TPSA) is 72.2 Å². The van der Waals surface area contributed by atoms with E-state index in [1.807, 2.05) is 0 Å². The van der Waals surface area contributed by atoms with Crippen molar-refractivity contribution in [3.8, 4) is 0 Å². The summed E-state index contributed by atoms with van der Waals surface area (Å²) in [4.78, 5) is 0. The predicted octanol–water partition coefficient (Wildman–Crippen LogP) is 1.02. The number of halogens is 1. The molecule has 0 spiro atoms. The Morgan fingerprint density at radius 1 is 1.33 bits per heavy atom. The molecule has 0 heterocycles. The van der Waals surface area contributed by atoms with E-state index in [0.717, 1.165) is 5.56 Å². The Balaban J connectivity index is 2.51. The summed E-state index contributed by atoms with van der Waals surface area (Å²) in [7, 11) is -3.28. The average molecular weight is 274 g/mol. The van der Waals surface area contributed by atoms with Crippen LogP contribution in [-0.2, 0) is 16.4 Å². The van der Waals surface area contributed by atoms with Gasteiger partial charge >= 0.3 is 0 Å². The molecule has 0 radical (unpaired) electrons. The second-order valence-corrected chi connectivity index (χ2v) is 6.18. The fraction of sp³-hybridized carbons (Fsp3) is 0.500. The first-order valence-corrected chi connectivity index (χ1v) is 7.52. The van der Waals surface area contributed by atoms with Crippen LogP contribution in [0, 0.1) is 5.82 Å². The first kappa shape index (κ1) is 15.1. The number of nitrogens with one attached hydrogen (secondary N) is 1. The van der Waals surface area contributed by atoms with Crippen LogP contribution in [0.4, 0.5) is 4.39 Å². The molecular formula is C12H19FN2O2S. The smallest absolute Gasteiger partial charge is 0.211 e. The lowest BCUT2D eigenvalue weighted by molar-refractivity contribution is 0.557. The Bertz CT molecular complexity index is 459. The summed E-state index contributed by atoms with van der Waals surface area (Å²) in [6, 6.07) is 5.81. The van der Waals surface area contributed by atoms with E-state index in [1.165, 1.54) is 12.1 Å². The van der Waals surface area contributed by atoms with Crippen molar-refractivity contribution in [3.05, 3.63) is 35.6 Å². The van der Waals surface area contributed by atoms with Gasteiger partial charge in [0, 0.05) is 6.04 Å². The normalized spacial score (nSPS) is 13.5. The Morgan fingerprint density at radius 2 is 1.94 bits per heavy atom. The van der Waals surface area contributed by atoms with Crippen molar-refractivity contribution in [1.82, 2.24) is 4.72 Å². The highest BCUT2D eigenvalue weighted by atomic mass is 32.2. The maximum Gasteiger partial charge on any atom is 0.211 e. The van der Waals surface area contributed by atoms with Gasteiger partial charge in [0.25, 0.3) is 0 Å². The summed E-state index contributed by atoms with van der Waals surface area (Å²) in [6.07, 6.45) is 0.973. The van der Waals surface area contributed by atoms with Gasteiger partial charge in [0.05, 0.1) is 5.75 Å². The molecule has 0 aliphatic carbocycles. The maximum atomic E-state index is 12.7. The van der Waals surface area contributed by atoms with Crippen LogP contribution >= 0.6 is 0 Å². The lowest BCUT2D eigenvalue weighted by Gasteiger charge is -2.14. The lowest BCUT2D eigenvalue weighted by atomic mass is 10.1. The lowest BCUT2D eigenvalue weighted by Crippen LogP contribution is -2.36. The fourth-order valence-corrected chi connectivity index (χ4v) is 3.02. The zero-order valence-electron chi connectivity index (χ0n) is 10.4. The van der Waals surface area contributed by atoms with E-state index in [9.17, 15) is 12.8 Å². The molecule has 1 unspecified atom stereocenters.